The minimum Gasteiger partial charge on any atom is -0.290 e. The minimum absolute atomic E-state index is 0.0115. The molecular formula is C12H13O3. The first-order chi connectivity index (χ1) is 7.00. The lowest BCUT2D eigenvalue weighted by atomic mass is 9.92. The Balaban J connectivity index is 2.27. The molecule has 1 aliphatic heterocycles. The minimum atomic E-state index is -0.471. The van der Waals surface area contributed by atoms with Gasteiger partial charge in [-0.1, -0.05) is 18.7 Å². The van der Waals surface area contributed by atoms with Crippen molar-refractivity contribution < 1.29 is 14.9 Å². The van der Waals surface area contributed by atoms with Crippen molar-refractivity contribution in [1.82, 2.24) is 0 Å². The van der Waals surface area contributed by atoms with Crippen LogP contribution in [0.5, 0.6) is 5.75 Å². The molecule has 0 aliphatic carbocycles. The number of hydrogen-bond donors (Lipinski definition) is 0. The van der Waals surface area contributed by atoms with E-state index in [1.54, 1.807) is 12.1 Å². The SMILES string of the molecule is C=C1C(c2ccc([O])cc2)OOC1(C)C. The van der Waals surface area contributed by atoms with Crippen LogP contribution in [0.25, 0.3) is 0 Å². The second-order valence-electron chi connectivity index (χ2n) is 4.16. The molecule has 0 aromatic heterocycles. The first-order valence-corrected chi connectivity index (χ1v) is 4.81. The zero-order valence-electron chi connectivity index (χ0n) is 8.82. The molecule has 3 nitrogen and oxygen atoms in total. The molecule has 0 amide bonds. The molecule has 1 heterocycles. The zero-order chi connectivity index (χ0) is 11.1. The third-order valence-corrected chi connectivity index (χ3v) is 2.63. The molecule has 0 N–H and O–H groups in total. The van der Waals surface area contributed by atoms with Crippen LogP contribution in [0.3, 0.4) is 0 Å². The molecule has 1 saturated heterocycles. The van der Waals surface area contributed by atoms with Gasteiger partial charge in [-0.15, -0.1) is 0 Å². The predicted molar refractivity (Wildman–Crippen MR) is 54.7 cm³/mol. The maximum absolute atomic E-state index is 11.0. The normalized spacial score (nSPS) is 24.4. The third-order valence-electron chi connectivity index (χ3n) is 2.63. The molecule has 1 unspecified atom stereocenters. The lowest BCUT2D eigenvalue weighted by Crippen LogP contribution is -2.19. The quantitative estimate of drug-likeness (QED) is 0.521. The van der Waals surface area contributed by atoms with Crippen molar-refractivity contribution in [3.63, 3.8) is 0 Å². The van der Waals surface area contributed by atoms with Crippen molar-refractivity contribution in [2.75, 3.05) is 0 Å². The Bertz CT molecular complexity index is 378. The Morgan fingerprint density at radius 1 is 1.27 bits per heavy atom. The van der Waals surface area contributed by atoms with Crippen LogP contribution in [-0.4, -0.2) is 5.60 Å². The fourth-order valence-electron chi connectivity index (χ4n) is 1.50. The van der Waals surface area contributed by atoms with E-state index in [1.807, 2.05) is 13.8 Å². The van der Waals surface area contributed by atoms with Crippen LogP contribution < -0.4 is 0 Å². The van der Waals surface area contributed by atoms with Crippen LogP contribution in [0.1, 0.15) is 25.5 Å². The second kappa shape index (κ2) is 3.36. The summed E-state index contributed by atoms with van der Waals surface area (Å²) in [5.74, 6) is -0.0115. The molecule has 3 heteroatoms. The highest BCUT2D eigenvalue weighted by Gasteiger charge is 2.39. The summed E-state index contributed by atoms with van der Waals surface area (Å²) in [5, 5.41) is 11.0. The predicted octanol–water partition coefficient (Wildman–Crippen LogP) is 3.17. The van der Waals surface area contributed by atoms with Crippen LogP contribution in [-0.2, 0) is 14.9 Å². The van der Waals surface area contributed by atoms with E-state index in [4.69, 9.17) is 9.78 Å². The number of rotatable bonds is 1. The lowest BCUT2D eigenvalue weighted by Gasteiger charge is -2.15. The second-order valence-corrected chi connectivity index (χ2v) is 4.16. The average Bonchev–Trinajstić information content (AvgIpc) is 2.45. The molecular weight excluding hydrogens is 192 g/mol. The van der Waals surface area contributed by atoms with Crippen molar-refractivity contribution in [2.24, 2.45) is 0 Å². The van der Waals surface area contributed by atoms with Gasteiger partial charge in [-0.3, -0.25) is 5.11 Å². The van der Waals surface area contributed by atoms with E-state index >= 15 is 0 Å². The van der Waals surface area contributed by atoms with Gasteiger partial charge in [-0.2, -0.15) is 0 Å². The van der Waals surface area contributed by atoms with E-state index in [-0.39, 0.29) is 11.9 Å². The van der Waals surface area contributed by atoms with Crippen molar-refractivity contribution in [2.45, 2.75) is 25.6 Å². The summed E-state index contributed by atoms with van der Waals surface area (Å²) in [6, 6.07) is 6.50. The van der Waals surface area contributed by atoms with Crippen LogP contribution in [0, 0.1) is 0 Å². The monoisotopic (exact) mass is 205 g/mol. The summed E-state index contributed by atoms with van der Waals surface area (Å²) in [6.45, 7) is 7.76. The summed E-state index contributed by atoms with van der Waals surface area (Å²) in [7, 11) is 0. The summed E-state index contributed by atoms with van der Waals surface area (Å²) in [4.78, 5) is 10.4. The summed E-state index contributed by atoms with van der Waals surface area (Å²) in [5.41, 5.74) is 1.28. The zero-order valence-corrected chi connectivity index (χ0v) is 8.82. The standard InChI is InChI=1S/C12H13O3/c1-8-11(14-15-12(8,2)3)9-4-6-10(13)7-5-9/h4-7,11H,1H2,2-3H3. The topological polar surface area (TPSA) is 38.4 Å². The van der Waals surface area contributed by atoms with Gasteiger partial charge < -0.3 is 0 Å². The van der Waals surface area contributed by atoms with Gasteiger partial charge in [-0.25, -0.2) is 9.78 Å². The van der Waals surface area contributed by atoms with Gasteiger partial charge in [0, 0.05) is 0 Å². The van der Waals surface area contributed by atoms with Gasteiger partial charge in [0.1, 0.15) is 11.7 Å². The molecule has 0 spiro atoms. The maximum Gasteiger partial charge on any atom is 0.178 e. The van der Waals surface area contributed by atoms with Crippen LogP contribution in [0.2, 0.25) is 0 Å². The smallest absolute Gasteiger partial charge is 0.178 e. The van der Waals surface area contributed by atoms with Gasteiger partial charge in [-0.05, 0) is 37.1 Å². The molecule has 1 aromatic carbocycles. The number of benzene rings is 1. The molecule has 15 heavy (non-hydrogen) atoms. The molecule has 2 rings (SSSR count). The van der Waals surface area contributed by atoms with Gasteiger partial charge in [0.15, 0.2) is 5.75 Å². The van der Waals surface area contributed by atoms with Crippen molar-refractivity contribution in [3.8, 4) is 5.75 Å². The van der Waals surface area contributed by atoms with Crippen LogP contribution >= 0.6 is 0 Å². The highest BCUT2D eigenvalue weighted by Crippen LogP contribution is 2.41. The van der Waals surface area contributed by atoms with E-state index in [1.165, 1.54) is 12.1 Å². The molecule has 1 atom stereocenters. The van der Waals surface area contributed by atoms with Gasteiger partial charge in [0.2, 0.25) is 0 Å². The van der Waals surface area contributed by atoms with E-state index < -0.39 is 5.60 Å². The molecule has 1 aromatic rings. The Kier molecular flexibility index (Phi) is 2.29. The maximum atomic E-state index is 11.0. The highest BCUT2D eigenvalue weighted by molar-refractivity contribution is 5.33. The fourth-order valence-corrected chi connectivity index (χ4v) is 1.50. The van der Waals surface area contributed by atoms with E-state index in [0.29, 0.717) is 0 Å². The highest BCUT2D eigenvalue weighted by atomic mass is 17.2. The van der Waals surface area contributed by atoms with Gasteiger partial charge in [0.05, 0.1) is 0 Å². The molecule has 1 fully saturated rings. The fraction of sp³-hybridized carbons (Fsp3) is 0.333. The van der Waals surface area contributed by atoms with Gasteiger partial charge >= 0.3 is 0 Å². The van der Waals surface area contributed by atoms with Crippen LogP contribution in [0.4, 0.5) is 0 Å². The molecule has 0 saturated carbocycles. The lowest BCUT2D eigenvalue weighted by molar-refractivity contribution is -0.320. The summed E-state index contributed by atoms with van der Waals surface area (Å²) in [6.07, 6.45) is -0.277. The molecule has 1 radical (unpaired) electrons. The van der Waals surface area contributed by atoms with Crippen molar-refractivity contribution >= 4 is 0 Å². The molecule has 0 bridgehead atoms. The molecule has 79 valence electrons. The van der Waals surface area contributed by atoms with E-state index in [9.17, 15) is 5.11 Å². The first-order valence-electron chi connectivity index (χ1n) is 4.81. The average molecular weight is 205 g/mol. The molecule has 1 aliphatic rings. The van der Waals surface area contributed by atoms with Gasteiger partial charge in [0.25, 0.3) is 0 Å². The van der Waals surface area contributed by atoms with Crippen molar-refractivity contribution in [3.05, 3.63) is 42.0 Å². The summed E-state index contributed by atoms with van der Waals surface area (Å²) >= 11 is 0. The van der Waals surface area contributed by atoms with E-state index in [0.717, 1.165) is 11.1 Å². The Morgan fingerprint density at radius 2 is 1.87 bits per heavy atom. The van der Waals surface area contributed by atoms with Crippen molar-refractivity contribution in [1.29, 1.82) is 0 Å². The Morgan fingerprint density at radius 3 is 2.33 bits per heavy atom. The summed E-state index contributed by atoms with van der Waals surface area (Å²) < 4.78 is 0. The largest absolute Gasteiger partial charge is 0.290 e. The van der Waals surface area contributed by atoms with Crippen LogP contribution in [0.15, 0.2) is 36.4 Å². The third kappa shape index (κ3) is 1.76. The number of hydrogen-bond acceptors (Lipinski definition) is 2. The van der Waals surface area contributed by atoms with E-state index in [2.05, 4.69) is 6.58 Å². The first kappa shape index (κ1) is 10.2. The Hall–Kier alpha value is -1.32. The Labute approximate surface area is 88.9 Å².